The van der Waals surface area contributed by atoms with Gasteiger partial charge in [-0.1, -0.05) is 12.1 Å². The predicted octanol–water partition coefficient (Wildman–Crippen LogP) is 1.38. The minimum Gasteiger partial charge on any atom is -0.427 e. The topological polar surface area (TPSA) is 69.4 Å². The standard InChI is InChI=1S/C10H10ClNO3/c1-6(13)15-8-4-2-7(3-5-8)9(12)10(11)14/h2-5,9H,12H2,1H3/t9-/m1/s1. The Bertz CT molecular complexity index is 375. The van der Waals surface area contributed by atoms with E-state index in [1.165, 1.54) is 6.92 Å². The van der Waals surface area contributed by atoms with Gasteiger partial charge in [-0.15, -0.1) is 0 Å². The molecule has 0 spiro atoms. The number of benzene rings is 1. The van der Waals surface area contributed by atoms with Crippen molar-refractivity contribution in [2.45, 2.75) is 13.0 Å². The molecule has 0 saturated heterocycles. The molecule has 0 radical (unpaired) electrons. The molecule has 0 aromatic heterocycles. The quantitative estimate of drug-likeness (QED) is 0.481. The molecule has 0 fully saturated rings. The van der Waals surface area contributed by atoms with Crippen molar-refractivity contribution in [3.63, 3.8) is 0 Å². The molecule has 80 valence electrons. The van der Waals surface area contributed by atoms with E-state index in [0.29, 0.717) is 11.3 Å². The second-order valence-corrected chi connectivity index (χ2v) is 3.32. The highest BCUT2D eigenvalue weighted by Gasteiger charge is 2.12. The molecule has 2 N–H and O–H groups in total. The molecule has 4 nitrogen and oxygen atoms in total. The van der Waals surface area contributed by atoms with Crippen molar-refractivity contribution in [2.75, 3.05) is 0 Å². The summed E-state index contributed by atoms with van der Waals surface area (Å²) >= 11 is 5.24. The fraction of sp³-hybridized carbons (Fsp3) is 0.200. The van der Waals surface area contributed by atoms with Crippen molar-refractivity contribution in [3.8, 4) is 5.75 Å². The zero-order valence-electron chi connectivity index (χ0n) is 8.07. The van der Waals surface area contributed by atoms with Crippen LogP contribution in [0.25, 0.3) is 0 Å². The van der Waals surface area contributed by atoms with Gasteiger partial charge in [-0.05, 0) is 29.3 Å². The fourth-order valence-electron chi connectivity index (χ4n) is 1.04. The molecular formula is C10H10ClNO3. The average Bonchev–Trinajstić information content (AvgIpc) is 2.17. The van der Waals surface area contributed by atoms with Gasteiger partial charge >= 0.3 is 5.97 Å². The third kappa shape index (κ3) is 3.34. The Morgan fingerprint density at radius 3 is 2.27 bits per heavy atom. The number of nitrogens with two attached hydrogens (primary N) is 1. The van der Waals surface area contributed by atoms with Crippen LogP contribution in [0.5, 0.6) is 5.75 Å². The molecular weight excluding hydrogens is 218 g/mol. The van der Waals surface area contributed by atoms with Gasteiger partial charge in [0.05, 0.1) is 0 Å². The van der Waals surface area contributed by atoms with Gasteiger partial charge in [-0.2, -0.15) is 0 Å². The summed E-state index contributed by atoms with van der Waals surface area (Å²) in [4.78, 5) is 21.4. The molecule has 0 amide bonds. The lowest BCUT2D eigenvalue weighted by molar-refractivity contribution is -0.131. The SMILES string of the molecule is CC(=O)Oc1ccc([C@@H](N)C(=O)Cl)cc1. The van der Waals surface area contributed by atoms with Crippen LogP contribution in [-0.2, 0) is 9.59 Å². The van der Waals surface area contributed by atoms with Gasteiger partial charge in [0.15, 0.2) is 0 Å². The molecule has 15 heavy (non-hydrogen) atoms. The summed E-state index contributed by atoms with van der Waals surface area (Å²) in [5.41, 5.74) is 6.07. The number of halogens is 1. The zero-order chi connectivity index (χ0) is 11.4. The Morgan fingerprint density at radius 2 is 1.87 bits per heavy atom. The van der Waals surface area contributed by atoms with Gasteiger partial charge in [-0.25, -0.2) is 0 Å². The first kappa shape index (κ1) is 11.7. The van der Waals surface area contributed by atoms with E-state index in [0.717, 1.165) is 0 Å². The Morgan fingerprint density at radius 1 is 1.33 bits per heavy atom. The highest BCUT2D eigenvalue weighted by molar-refractivity contribution is 6.64. The van der Waals surface area contributed by atoms with Crippen molar-refractivity contribution < 1.29 is 14.3 Å². The molecule has 0 heterocycles. The number of hydrogen-bond acceptors (Lipinski definition) is 4. The number of ether oxygens (including phenoxy) is 1. The third-order valence-corrected chi connectivity index (χ3v) is 1.98. The maximum Gasteiger partial charge on any atom is 0.308 e. The van der Waals surface area contributed by atoms with Crippen molar-refractivity contribution in [1.29, 1.82) is 0 Å². The molecule has 1 aromatic carbocycles. The number of carbonyl (C=O) groups excluding carboxylic acids is 2. The predicted molar refractivity (Wildman–Crippen MR) is 55.5 cm³/mol. The number of rotatable bonds is 3. The summed E-state index contributed by atoms with van der Waals surface area (Å²) in [7, 11) is 0. The van der Waals surface area contributed by atoms with Crippen LogP contribution in [0.1, 0.15) is 18.5 Å². The molecule has 0 aliphatic rings. The molecule has 1 atom stereocenters. The lowest BCUT2D eigenvalue weighted by Gasteiger charge is -2.07. The fourth-order valence-corrected chi connectivity index (χ4v) is 1.17. The Kier molecular flexibility index (Phi) is 3.82. The monoisotopic (exact) mass is 227 g/mol. The molecule has 1 rings (SSSR count). The van der Waals surface area contributed by atoms with Crippen molar-refractivity contribution in [2.24, 2.45) is 5.73 Å². The minimum atomic E-state index is -0.849. The Balaban J connectivity index is 2.80. The molecule has 1 aromatic rings. The average molecular weight is 228 g/mol. The summed E-state index contributed by atoms with van der Waals surface area (Å²) in [5.74, 6) is 0.000870. The smallest absolute Gasteiger partial charge is 0.308 e. The molecule has 0 aliphatic heterocycles. The largest absolute Gasteiger partial charge is 0.427 e. The van der Waals surface area contributed by atoms with Crippen LogP contribution >= 0.6 is 11.6 Å². The van der Waals surface area contributed by atoms with Crippen molar-refractivity contribution >= 4 is 22.8 Å². The van der Waals surface area contributed by atoms with Gasteiger partial charge in [0.1, 0.15) is 11.8 Å². The van der Waals surface area contributed by atoms with E-state index in [1.54, 1.807) is 24.3 Å². The summed E-state index contributed by atoms with van der Waals surface area (Å²) in [5, 5.41) is -0.629. The summed E-state index contributed by atoms with van der Waals surface area (Å²) in [6.07, 6.45) is 0. The lowest BCUT2D eigenvalue weighted by Crippen LogP contribution is -2.16. The molecule has 0 aliphatic carbocycles. The second kappa shape index (κ2) is 4.91. The highest BCUT2D eigenvalue weighted by atomic mass is 35.5. The van der Waals surface area contributed by atoms with Crippen LogP contribution in [0, 0.1) is 0 Å². The molecule has 5 heteroatoms. The minimum absolute atomic E-state index is 0.402. The number of esters is 1. The van der Waals surface area contributed by atoms with Gasteiger partial charge in [0.25, 0.3) is 0 Å². The maximum absolute atomic E-state index is 10.8. The second-order valence-electron chi connectivity index (χ2n) is 2.94. The maximum atomic E-state index is 10.8. The van der Waals surface area contributed by atoms with Crippen LogP contribution in [0.15, 0.2) is 24.3 Å². The zero-order valence-corrected chi connectivity index (χ0v) is 8.82. The van der Waals surface area contributed by atoms with Gasteiger partial charge in [0, 0.05) is 6.92 Å². The first-order valence-electron chi connectivity index (χ1n) is 4.24. The van der Waals surface area contributed by atoms with Crippen molar-refractivity contribution in [1.82, 2.24) is 0 Å². The first-order chi connectivity index (χ1) is 7.00. The third-order valence-electron chi connectivity index (χ3n) is 1.75. The van der Waals surface area contributed by atoms with E-state index in [9.17, 15) is 9.59 Å². The lowest BCUT2D eigenvalue weighted by atomic mass is 10.1. The Hall–Kier alpha value is -1.39. The van der Waals surface area contributed by atoms with Gasteiger partial charge in [-0.3, -0.25) is 9.59 Å². The van der Waals surface area contributed by atoms with Crippen LogP contribution in [0.2, 0.25) is 0 Å². The van der Waals surface area contributed by atoms with E-state index >= 15 is 0 Å². The van der Waals surface area contributed by atoms with Crippen LogP contribution < -0.4 is 10.5 Å². The Labute approximate surface area is 92.0 Å². The number of carbonyl (C=O) groups is 2. The summed E-state index contributed by atoms with van der Waals surface area (Å²) < 4.78 is 4.81. The first-order valence-corrected chi connectivity index (χ1v) is 4.62. The van der Waals surface area contributed by atoms with E-state index < -0.39 is 17.3 Å². The van der Waals surface area contributed by atoms with Gasteiger partial charge < -0.3 is 10.5 Å². The van der Waals surface area contributed by atoms with E-state index in [-0.39, 0.29) is 0 Å². The highest BCUT2D eigenvalue weighted by Crippen LogP contribution is 2.17. The van der Waals surface area contributed by atoms with E-state index in [4.69, 9.17) is 22.1 Å². The number of hydrogen-bond donors (Lipinski definition) is 1. The molecule has 0 saturated carbocycles. The van der Waals surface area contributed by atoms with Gasteiger partial charge in [0.2, 0.25) is 5.24 Å². The summed E-state index contributed by atoms with van der Waals surface area (Å²) in [6.45, 7) is 1.31. The van der Waals surface area contributed by atoms with Crippen LogP contribution in [0.3, 0.4) is 0 Å². The summed E-state index contributed by atoms with van der Waals surface area (Å²) in [6, 6.07) is 5.43. The molecule has 0 bridgehead atoms. The molecule has 0 unspecified atom stereocenters. The van der Waals surface area contributed by atoms with Crippen molar-refractivity contribution in [3.05, 3.63) is 29.8 Å². The van der Waals surface area contributed by atoms with E-state index in [1.807, 2.05) is 0 Å². The van der Waals surface area contributed by atoms with Crippen LogP contribution in [0.4, 0.5) is 0 Å². The normalized spacial score (nSPS) is 11.9. The van der Waals surface area contributed by atoms with Crippen LogP contribution in [-0.4, -0.2) is 11.2 Å². The van der Waals surface area contributed by atoms with E-state index in [2.05, 4.69) is 0 Å².